The molecule has 2 rings (SSSR count). The van der Waals surface area contributed by atoms with Gasteiger partial charge in [0, 0.05) is 17.8 Å². The fourth-order valence-electron chi connectivity index (χ4n) is 2.25. The largest absolute Gasteiger partial charge is 0.465 e. The Morgan fingerprint density at radius 2 is 1.83 bits per heavy atom. The third kappa shape index (κ3) is 5.96. The number of nitro benzene ring substituents is 1. The molecule has 0 aliphatic rings. The number of rotatable bonds is 7. The predicted octanol–water partition coefficient (Wildman–Crippen LogP) is 3.10. The third-order valence-electron chi connectivity index (χ3n) is 3.82. The van der Waals surface area contributed by atoms with Crippen LogP contribution in [0.2, 0.25) is 0 Å². The molecule has 0 bridgehead atoms. The van der Waals surface area contributed by atoms with E-state index in [9.17, 15) is 28.9 Å². The van der Waals surface area contributed by atoms with Gasteiger partial charge in [0.25, 0.3) is 5.91 Å². The molecule has 0 aliphatic heterocycles. The Morgan fingerprint density at radius 3 is 2.43 bits per heavy atom. The monoisotopic (exact) mass is 416 g/mol. The van der Waals surface area contributed by atoms with E-state index in [1.807, 2.05) is 0 Å². The zero-order chi connectivity index (χ0) is 22.3. The minimum Gasteiger partial charge on any atom is -0.465 e. The summed E-state index contributed by atoms with van der Waals surface area (Å²) in [6.07, 6.45) is 1.31. The molecule has 0 aliphatic carbocycles. The van der Waals surface area contributed by atoms with Crippen LogP contribution in [0.4, 0.5) is 15.8 Å². The number of anilines is 1. The average Bonchev–Trinajstić information content (AvgIpc) is 2.73. The smallest absolute Gasteiger partial charge is 0.337 e. The Morgan fingerprint density at radius 1 is 1.17 bits per heavy atom. The molecule has 0 saturated carbocycles. The fourth-order valence-corrected chi connectivity index (χ4v) is 2.25. The van der Waals surface area contributed by atoms with Crippen LogP contribution in [0.5, 0.6) is 0 Å². The van der Waals surface area contributed by atoms with Gasteiger partial charge in [-0.25, -0.2) is 9.59 Å². The number of halogens is 1. The normalized spacial score (nSPS) is 11.6. The summed E-state index contributed by atoms with van der Waals surface area (Å²) in [4.78, 5) is 45.2. The van der Waals surface area contributed by atoms with Gasteiger partial charge in [-0.15, -0.1) is 0 Å². The molecule has 0 heterocycles. The van der Waals surface area contributed by atoms with Gasteiger partial charge in [-0.1, -0.05) is 12.1 Å². The molecule has 0 saturated heterocycles. The molecule has 1 N–H and O–H groups in total. The number of carbonyl (C=O) groups is 3. The summed E-state index contributed by atoms with van der Waals surface area (Å²) >= 11 is 0. The lowest BCUT2D eigenvalue weighted by molar-refractivity contribution is -0.387. The van der Waals surface area contributed by atoms with Crippen LogP contribution in [-0.4, -0.2) is 36.0 Å². The third-order valence-corrected chi connectivity index (χ3v) is 3.82. The van der Waals surface area contributed by atoms with E-state index in [-0.39, 0.29) is 5.69 Å². The van der Waals surface area contributed by atoms with E-state index in [0.29, 0.717) is 11.1 Å². The topological polar surface area (TPSA) is 125 Å². The van der Waals surface area contributed by atoms with Gasteiger partial charge in [0.1, 0.15) is 0 Å². The van der Waals surface area contributed by atoms with Crippen molar-refractivity contribution in [1.82, 2.24) is 0 Å². The zero-order valence-corrected chi connectivity index (χ0v) is 16.0. The van der Waals surface area contributed by atoms with Crippen molar-refractivity contribution in [2.75, 3.05) is 12.4 Å². The average molecular weight is 416 g/mol. The van der Waals surface area contributed by atoms with E-state index in [1.54, 1.807) is 12.1 Å². The molecule has 0 spiro atoms. The van der Waals surface area contributed by atoms with E-state index in [2.05, 4.69) is 10.1 Å². The van der Waals surface area contributed by atoms with Crippen molar-refractivity contribution in [3.63, 3.8) is 0 Å². The molecule has 1 atom stereocenters. The molecular formula is C20H17FN2O7. The lowest BCUT2D eigenvalue weighted by Crippen LogP contribution is -2.29. The van der Waals surface area contributed by atoms with Gasteiger partial charge in [-0.3, -0.25) is 14.9 Å². The number of methoxy groups -OCH3 is 1. The number of benzene rings is 2. The van der Waals surface area contributed by atoms with Crippen molar-refractivity contribution in [2.45, 2.75) is 13.0 Å². The maximum atomic E-state index is 13.3. The number of nitro groups is 1. The quantitative estimate of drug-likeness (QED) is 0.318. The van der Waals surface area contributed by atoms with Crippen molar-refractivity contribution in [3.8, 4) is 0 Å². The maximum absolute atomic E-state index is 13.3. The molecule has 10 heteroatoms. The highest BCUT2D eigenvalue weighted by atomic mass is 19.1. The summed E-state index contributed by atoms with van der Waals surface area (Å²) in [5.74, 6) is -3.08. The van der Waals surface area contributed by atoms with Crippen molar-refractivity contribution in [2.24, 2.45) is 0 Å². The first-order valence-corrected chi connectivity index (χ1v) is 8.53. The van der Waals surface area contributed by atoms with E-state index in [1.165, 1.54) is 32.2 Å². The molecule has 0 unspecified atom stereocenters. The maximum Gasteiger partial charge on any atom is 0.337 e. The van der Waals surface area contributed by atoms with E-state index in [4.69, 9.17) is 4.74 Å². The second-order valence-electron chi connectivity index (χ2n) is 5.94. The van der Waals surface area contributed by atoms with Crippen LogP contribution in [-0.2, 0) is 19.1 Å². The molecule has 0 radical (unpaired) electrons. The van der Waals surface area contributed by atoms with Crippen molar-refractivity contribution >= 4 is 35.3 Å². The number of nitrogens with one attached hydrogen (secondary N) is 1. The fraction of sp³-hybridized carbons (Fsp3) is 0.150. The van der Waals surface area contributed by atoms with Crippen LogP contribution in [0.1, 0.15) is 22.8 Å². The summed E-state index contributed by atoms with van der Waals surface area (Å²) < 4.78 is 22.9. The molecular weight excluding hydrogens is 399 g/mol. The van der Waals surface area contributed by atoms with Gasteiger partial charge in [0.2, 0.25) is 5.82 Å². The van der Waals surface area contributed by atoms with E-state index in [0.717, 1.165) is 24.3 Å². The summed E-state index contributed by atoms with van der Waals surface area (Å²) in [7, 11) is 1.26. The van der Waals surface area contributed by atoms with Gasteiger partial charge in [0.15, 0.2) is 6.10 Å². The molecule has 0 fully saturated rings. The van der Waals surface area contributed by atoms with Gasteiger partial charge < -0.3 is 14.8 Å². The minimum absolute atomic E-state index is 0.0164. The van der Waals surface area contributed by atoms with E-state index < -0.39 is 40.4 Å². The van der Waals surface area contributed by atoms with Crippen LogP contribution in [0, 0.1) is 15.9 Å². The standard InChI is InChI=1S/C20H17FN2O7/c1-12(19(25)22-15-8-9-16(21)17(11-15)23(27)28)30-18(24)10-5-13-3-6-14(7-4-13)20(26)29-2/h3-12H,1-2H3,(H,22,25)/b10-5+/t12-/m1/s1. The second-order valence-corrected chi connectivity index (χ2v) is 5.94. The molecule has 0 aromatic heterocycles. The number of amides is 1. The van der Waals surface area contributed by atoms with Gasteiger partial charge in [0.05, 0.1) is 17.6 Å². The lowest BCUT2D eigenvalue weighted by atomic mass is 10.1. The van der Waals surface area contributed by atoms with Crippen LogP contribution >= 0.6 is 0 Å². The van der Waals surface area contributed by atoms with Crippen molar-refractivity contribution in [1.29, 1.82) is 0 Å². The number of nitrogens with zero attached hydrogens (tertiary/aromatic N) is 1. The number of hydrogen-bond acceptors (Lipinski definition) is 7. The number of hydrogen-bond donors (Lipinski definition) is 1. The SMILES string of the molecule is COC(=O)c1ccc(/C=C/C(=O)O[C@H](C)C(=O)Nc2ccc(F)c([N+](=O)[O-])c2)cc1. The summed E-state index contributed by atoms with van der Waals surface area (Å²) in [6.45, 7) is 1.31. The summed E-state index contributed by atoms with van der Waals surface area (Å²) in [5, 5.41) is 13.1. The van der Waals surface area contributed by atoms with Gasteiger partial charge in [-0.2, -0.15) is 4.39 Å². The highest BCUT2D eigenvalue weighted by Gasteiger charge is 2.19. The van der Waals surface area contributed by atoms with Crippen molar-refractivity contribution < 1.29 is 33.2 Å². The Kier molecular flexibility index (Phi) is 7.34. The first kappa shape index (κ1) is 22.2. The van der Waals surface area contributed by atoms with Crippen LogP contribution in [0.15, 0.2) is 48.5 Å². The Balaban J connectivity index is 1.94. The molecule has 1 amide bonds. The molecule has 30 heavy (non-hydrogen) atoms. The number of esters is 2. The number of carbonyl (C=O) groups excluding carboxylic acids is 3. The molecule has 156 valence electrons. The second kappa shape index (κ2) is 9.92. The molecule has 9 nitrogen and oxygen atoms in total. The Bertz CT molecular complexity index is 1000. The first-order valence-electron chi connectivity index (χ1n) is 8.53. The van der Waals surface area contributed by atoms with Crippen LogP contribution in [0.25, 0.3) is 6.08 Å². The van der Waals surface area contributed by atoms with Crippen LogP contribution in [0.3, 0.4) is 0 Å². The zero-order valence-electron chi connectivity index (χ0n) is 16.0. The Labute approximate surface area is 170 Å². The first-order chi connectivity index (χ1) is 14.2. The van der Waals surface area contributed by atoms with Crippen molar-refractivity contribution in [3.05, 3.63) is 75.6 Å². The summed E-state index contributed by atoms with van der Waals surface area (Å²) in [5.41, 5.74) is 0.148. The number of ether oxygens (including phenoxy) is 2. The summed E-state index contributed by atoms with van der Waals surface area (Å²) in [6, 6.07) is 9.08. The predicted molar refractivity (Wildman–Crippen MR) is 104 cm³/mol. The van der Waals surface area contributed by atoms with Gasteiger partial charge >= 0.3 is 17.6 Å². The lowest BCUT2D eigenvalue weighted by Gasteiger charge is -2.12. The van der Waals surface area contributed by atoms with Gasteiger partial charge in [-0.05, 0) is 42.8 Å². The Hall–Kier alpha value is -4.08. The highest BCUT2D eigenvalue weighted by Crippen LogP contribution is 2.21. The molecule has 2 aromatic rings. The molecule has 2 aromatic carbocycles. The van der Waals surface area contributed by atoms with Crippen LogP contribution < -0.4 is 5.32 Å². The highest BCUT2D eigenvalue weighted by molar-refractivity contribution is 5.97. The van der Waals surface area contributed by atoms with E-state index >= 15 is 0 Å². The minimum atomic E-state index is -1.21.